The van der Waals surface area contributed by atoms with Gasteiger partial charge in [-0.3, -0.25) is 9.59 Å². The van der Waals surface area contributed by atoms with Crippen LogP contribution >= 0.6 is 27.3 Å². The van der Waals surface area contributed by atoms with Crippen molar-refractivity contribution in [2.24, 2.45) is 0 Å². The van der Waals surface area contributed by atoms with Gasteiger partial charge < -0.3 is 19.7 Å². The maximum Gasteiger partial charge on any atom is 0.262 e. The monoisotopic (exact) mass is 402 g/mol. The van der Waals surface area contributed by atoms with Gasteiger partial charge in [0.25, 0.3) is 5.91 Å². The van der Waals surface area contributed by atoms with Gasteiger partial charge in [0.05, 0.1) is 21.9 Å². The van der Waals surface area contributed by atoms with E-state index in [0.717, 1.165) is 3.79 Å². The highest BCUT2D eigenvalue weighted by molar-refractivity contribution is 9.11. The first kappa shape index (κ1) is 16.9. The number of likely N-dealkylation sites (tertiary alicyclic amines) is 1. The molecule has 2 saturated heterocycles. The standard InChI is InChI=1S/C15H19BrN2O4S/c1-10(17-13(19)11-2-3-12(16)23-11)14(20)18-6-4-15(5-7-18)21-8-9-22-15/h2-3,10H,4-9H2,1H3,(H,17,19). The van der Waals surface area contributed by atoms with Gasteiger partial charge in [-0.1, -0.05) is 0 Å². The fourth-order valence-electron chi connectivity index (χ4n) is 2.89. The van der Waals surface area contributed by atoms with Crippen LogP contribution in [0.5, 0.6) is 0 Å². The third kappa shape index (κ3) is 3.76. The number of amides is 2. The van der Waals surface area contributed by atoms with Crippen LogP contribution in [0, 0.1) is 0 Å². The van der Waals surface area contributed by atoms with Crippen LogP contribution in [0.3, 0.4) is 0 Å². The number of nitrogens with one attached hydrogen (secondary N) is 1. The summed E-state index contributed by atoms with van der Waals surface area (Å²) < 4.78 is 12.2. The number of piperidine rings is 1. The molecule has 8 heteroatoms. The minimum absolute atomic E-state index is 0.0678. The van der Waals surface area contributed by atoms with Gasteiger partial charge in [-0.25, -0.2) is 0 Å². The van der Waals surface area contributed by atoms with Crippen molar-refractivity contribution < 1.29 is 19.1 Å². The largest absolute Gasteiger partial charge is 0.347 e. The van der Waals surface area contributed by atoms with Crippen LogP contribution in [0.25, 0.3) is 0 Å². The Morgan fingerprint density at radius 3 is 2.52 bits per heavy atom. The maximum atomic E-state index is 12.5. The van der Waals surface area contributed by atoms with E-state index in [1.165, 1.54) is 11.3 Å². The van der Waals surface area contributed by atoms with Crippen LogP contribution < -0.4 is 5.32 Å². The van der Waals surface area contributed by atoms with Crippen molar-refractivity contribution in [3.63, 3.8) is 0 Å². The smallest absolute Gasteiger partial charge is 0.262 e. The maximum absolute atomic E-state index is 12.5. The molecule has 2 amide bonds. The summed E-state index contributed by atoms with van der Waals surface area (Å²) in [7, 11) is 0. The number of rotatable bonds is 3. The minimum Gasteiger partial charge on any atom is -0.347 e. The Morgan fingerprint density at radius 2 is 1.96 bits per heavy atom. The van der Waals surface area contributed by atoms with E-state index in [1.54, 1.807) is 17.9 Å². The molecule has 0 aromatic carbocycles. The number of hydrogen-bond donors (Lipinski definition) is 1. The van der Waals surface area contributed by atoms with Gasteiger partial charge in [-0.2, -0.15) is 0 Å². The van der Waals surface area contributed by atoms with Crippen LogP contribution in [-0.4, -0.2) is 54.8 Å². The second kappa shape index (κ2) is 6.88. The molecule has 1 atom stereocenters. The molecule has 2 aliphatic heterocycles. The fraction of sp³-hybridized carbons (Fsp3) is 0.600. The normalized spacial score (nSPS) is 21.4. The van der Waals surface area contributed by atoms with Gasteiger partial charge in [0.15, 0.2) is 5.79 Å². The van der Waals surface area contributed by atoms with Gasteiger partial charge in [0.1, 0.15) is 6.04 Å². The first-order valence-corrected chi connectivity index (χ1v) is 9.23. The van der Waals surface area contributed by atoms with Gasteiger partial charge in [0.2, 0.25) is 5.91 Å². The first-order valence-electron chi connectivity index (χ1n) is 7.62. The molecule has 1 aromatic heterocycles. The molecule has 0 radical (unpaired) electrons. The third-order valence-electron chi connectivity index (χ3n) is 4.17. The molecule has 1 spiro atoms. The van der Waals surface area contributed by atoms with E-state index in [-0.39, 0.29) is 11.8 Å². The van der Waals surface area contributed by atoms with Gasteiger partial charge in [0, 0.05) is 25.9 Å². The highest BCUT2D eigenvalue weighted by atomic mass is 79.9. The van der Waals surface area contributed by atoms with Gasteiger partial charge >= 0.3 is 0 Å². The zero-order chi connectivity index (χ0) is 16.4. The molecule has 0 aliphatic carbocycles. The van der Waals surface area contributed by atoms with Gasteiger partial charge in [-0.05, 0) is 35.0 Å². The number of hydrogen-bond acceptors (Lipinski definition) is 5. The van der Waals surface area contributed by atoms with Crippen molar-refractivity contribution >= 4 is 39.1 Å². The molecule has 1 unspecified atom stereocenters. The lowest BCUT2D eigenvalue weighted by atomic mass is 10.0. The predicted octanol–water partition coefficient (Wildman–Crippen LogP) is 1.99. The quantitative estimate of drug-likeness (QED) is 0.839. The topological polar surface area (TPSA) is 67.9 Å². The predicted molar refractivity (Wildman–Crippen MR) is 89.4 cm³/mol. The number of thiophene rings is 1. The molecule has 23 heavy (non-hydrogen) atoms. The molecular weight excluding hydrogens is 384 g/mol. The summed E-state index contributed by atoms with van der Waals surface area (Å²) in [5.74, 6) is -0.786. The van der Waals surface area contributed by atoms with E-state index < -0.39 is 11.8 Å². The van der Waals surface area contributed by atoms with E-state index in [1.807, 2.05) is 6.07 Å². The summed E-state index contributed by atoms with van der Waals surface area (Å²) in [6, 6.07) is 3.00. The minimum atomic E-state index is -0.553. The molecule has 126 valence electrons. The summed E-state index contributed by atoms with van der Waals surface area (Å²) in [4.78, 5) is 27.0. The number of nitrogens with zero attached hydrogens (tertiary/aromatic N) is 1. The van der Waals surface area contributed by atoms with Crippen LogP contribution in [-0.2, 0) is 14.3 Å². The van der Waals surface area contributed by atoms with Crippen molar-refractivity contribution in [1.82, 2.24) is 10.2 Å². The molecule has 3 heterocycles. The van der Waals surface area contributed by atoms with Crippen LogP contribution in [0.2, 0.25) is 0 Å². The molecule has 3 rings (SSSR count). The van der Waals surface area contributed by atoms with E-state index in [4.69, 9.17) is 9.47 Å². The second-order valence-corrected chi connectivity index (χ2v) is 8.19. The van der Waals surface area contributed by atoms with Crippen LogP contribution in [0.15, 0.2) is 15.9 Å². The second-order valence-electron chi connectivity index (χ2n) is 5.73. The lowest BCUT2D eigenvalue weighted by Crippen LogP contribution is -2.52. The average molecular weight is 403 g/mol. The zero-order valence-electron chi connectivity index (χ0n) is 12.8. The van der Waals surface area contributed by atoms with Crippen molar-refractivity contribution in [1.29, 1.82) is 0 Å². The molecule has 2 fully saturated rings. The molecular formula is C15H19BrN2O4S. The lowest BCUT2D eigenvalue weighted by Gasteiger charge is -2.38. The summed E-state index contributed by atoms with van der Waals surface area (Å²) in [6.07, 6.45) is 1.36. The Hall–Kier alpha value is -0.960. The fourth-order valence-corrected chi connectivity index (χ4v) is 4.18. The summed E-state index contributed by atoms with van der Waals surface area (Å²) in [5.41, 5.74) is 0. The van der Waals surface area contributed by atoms with E-state index in [0.29, 0.717) is 44.0 Å². The van der Waals surface area contributed by atoms with E-state index in [2.05, 4.69) is 21.2 Å². The van der Waals surface area contributed by atoms with Crippen LogP contribution in [0.1, 0.15) is 29.4 Å². The Labute approximate surface area is 147 Å². The summed E-state index contributed by atoms with van der Waals surface area (Å²) in [5, 5.41) is 2.76. The molecule has 0 bridgehead atoms. The zero-order valence-corrected chi connectivity index (χ0v) is 15.2. The number of carbonyl (C=O) groups excluding carboxylic acids is 2. The Bertz CT molecular complexity index is 590. The van der Waals surface area contributed by atoms with Crippen molar-refractivity contribution in [2.45, 2.75) is 31.6 Å². The Morgan fingerprint density at radius 1 is 1.30 bits per heavy atom. The molecule has 1 aromatic rings. The highest BCUT2D eigenvalue weighted by Gasteiger charge is 2.41. The SMILES string of the molecule is CC(NC(=O)c1ccc(Br)s1)C(=O)N1CCC2(CC1)OCCO2. The molecule has 2 aliphatic rings. The highest BCUT2D eigenvalue weighted by Crippen LogP contribution is 2.31. The number of carbonyl (C=O) groups is 2. The van der Waals surface area contributed by atoms with E-state index in [9.17, 15) is 9.59 Å². The third-order valence-corrected chi connectivity index (χ3v) is 5.79. The van der Waals surface area contributed by atoms with Crippen molar-refractivity contribution in [3.8, 4) is 0 Å². The number of ether oxygens (including phenoxy) is 2. The van der Waals surface area contributed by atoms with Gasteiger partial charge in [-0.15, -0.1) is 11.3 Å². The molecule has 1 N–H and O–H groups in total. The number of halogens is 1. The summed E-state index contributed by atoms with van der Waals surface area (Å²) >= 11 is 4.67. The molecule has 6 nitrogen and oxygen atoms in total. The Balaban J connectivity index is 1.52. The summed E-state index contributed by atoms with van der Waals surface area (Å²) in [6.45, 7) is 4.14. The molecule has 0 saturated carbocycles. The van der Waals surface area contributed by atoms with Crippen molar-refractivity contribution in [3.05, 3.63) is 20.8 Å². The lowest BCUT2D eigenvalue weighted by molar-refractivity contribution is -0.187. The Kier molecular flexibility index (Phi) is 5.05. The van der Waals surface area contributed by atoms with E-state index >= 15 is 0 Å². The first-order chi connectivity index (χ1) is 11.0. The average Bonchev–Trinajstić information content (AvgIpc) is 3.17. The van der Waals surface area contributed by atoms with Crippen molar-refractivity contribution in [2.75, 3.05) is 26.3 Å². The van der Waals surface area contributed by atoms with Crippen LogP contribution in [0.4, 0.5) is 0 Å².